The zero-order chi connectivity index (χ0) is 12.7. The Kier molecular flexibility index (Phi) is 2.47. The molecule has 2 heterocycles. The largest absolute Gasteiger partial charge is 0.353 e. The quantitative estimate of drug-likeness (QED) is 0.710. The van der Waals surface area contributed by atoms with Crippen LogP contribution in [-0.2, 0) is 6.42 Å². The first-order chi connectivity index (χ1) is 8.65. The van der Waals surface area contributed by atoms with Crippen LogP contribution in [0.3, 0.4) is 0 Å². The molecule has 2 aromatic heterocycles. The predicted octanol–water partition coefficient (Wildman–Crippen LogP) is 3.21. The summed E-state index contributed by atoms with van der Waals surface area (Å²) < 4.78 is 0. The molecule has 18 heavy (non-hydrogen) atoms. The third kappa shape index (κ3) is 1.72. The molecule has 0 aliphatic heterocycles. The number of aromatic amines is 2. The molecule has 3 heteroatoms. The fourth-order valence-electron chi connectivity index (χ4n) is 2.49. The summed E-state index contributed by atoms with van der Waals surface area (Å²) >= 11 is 0. The summed E-state index contributed by atoms with van der Waals surface area (Å²) in [7, 11) is 0. The maximum Gasteiger partial charge on any atom is 0.248 e. The second-order valence-corrected chi connectivity index (χ2v) is 5.17. The zero-order valence-corrected chi connectivity index (χ0v) is 10.6. The molecule has 0 unspecified atom stereocenters. The monoisotopic (exact) mass is 240 g/mol. The van der Waals surface area contributed by atoms with Crippen LogP contribution in [0.25, 0.3) is 21.8 Å². The topological polar surface area (TPSA) is 48.6 Å². The summed E-state index contributed by atoms with van der Waals surface area (Å²) in [5.74, 6) is 0.512. The van der Waals surface area contributed by atoms with Crippen LogP contribution in [0.15, 0.2) is 35.1 Å². The third-order valence-electron chi connectivity index (χ3n) is 3.21. The SMILES string of the molecule is CC(C)Cc1[nH]c(=O)cc2c1[nH]c1ccccc12. The number of aromatic nitrogens is 2. The Bertz CT molecular complexity index is 765. The first kappa shape index (κ1) is 11.1. The lowest BCUT2D eigenvalue weighted by Crippen LogP contribution is -2.09. The molecule has 0 radical (unpaired) electrons. The van der Waals surface area contributed by atoms with Crippen molar-refractivity contribution in [3.8, 4) is 0 Å². The van der Waals surface area contributed by atoms with E-state index in [2.05, 4.69) is 23.8 Å². The average molecular weight is 240 g/mol. The maximum absolute atomic E-state index is 11.8. The predicted molar refractivity (Wildman–Crippen MR) is 75.0 cm³/mol. The third-order valence-corrected chi connectivity index (χ3v) is 3.21. The Hall–Kier alpha value is -2.03. The summed E-state index contributed by atoms with van der Waals surface area (Å²) in [6.45, 7) is 4.31. The summed E-state index contributed by atoms with van der Waals surface area (Å²) in [6.07, 6.45) is 0.874. The van der Waals surface area contributed by atoms with Gasteiger partial charge in [0.1, 0.15) is 0 Å². The first-order valence-corrected chi connectivity index (χ1v) is 6.28. The second kappa shape index (κ2) is 4.02. The molecule has 0 bridgehead atoms. The maximum atomic E-state index is 11.8. The number of hydrogen-bond acceptors (Lipinski definition) is 1. The van der Waals surface area contributed by atoms with E-state index in [4.69, 9.17) is 0 Å². The fourth-order valence-corrected chi connectivity index (χ4v) is 2.49. The highest BCUT2D eigenvalue weighted by Crippen LogP contribution is 2.26. The Morgan fingerprint density at radius 1 is 1.11 bits per heavy atom. The van der Waals surface area contributed by atoms with Gasteiger partial charge in [-0.15, -0.1) is 0 Å². The van der Waals surface area contributed by atoms with Crippen LogP contribution in [0.1, 0.15) is 19.5 Å². The molecule has 3 aromatic rings. The van der Waals surface area contributed by atoms with E-state index in [-0.39, 0.29) is 5.56 Å². The zero-order valence-electron chi connectivity index (χ0n) is 10.6. The number of nitrogens with one attached hydrogen (secondary N) is 2. The van der Waals surface area contributed by atoms with Crippen LogP contribution in [-0.4, -0.2) is 9.97 Å². The molecular weight excluding hydrogens is 224 g/mol. The molecule has 0 aliphatic carbocycles. The van der Waals surface area contributed by atoms with E-state index < -0.39 is 0 Å². The molecule has 1 aromatic carbocycles. The molecule has 0 spiro atoms. The van der Waals surface area contributed by atoms with E-state index in [1.54, 1.807) is 6.07 Å². The van der Waals surface area contributed by atoms with E-state index in [1.807, 2.05) is 24.3 Å². The van der Waals surface area contributed by atoms with Crippen molar-refractivity contribution in [1.82, 2.24) is 9.97 Å². The molecule has 3 rings (SSSR count). The van der Waals surface area contributed by atoms with Gasteiger partial charge in [-0.3, -0.25) is 4.79 Å². The van der Waals surface area contributed by atoms with Gasteiger partial charge in [0.25, 0.3) is 0 Å². The molecule has 3 nitrogen and oxygen atoms in total. The van der Waals surface area contributed by atoms with Gasteiger partial charge in [0.15, 0.2) is 0 Å². The van der Waals surface area contributed by atoms with Gasteiger partial charge in [-0.2, -0.15) is 0 Å². The Morgan fingerprint density at radius 3 is 2.67 bits per heavy atom. The van der Waals surface area contributed by atoms with Crippen molar-refractivity contribution in [3.05, 3.63) is 46.4 Å². The van der Waals surface area contributed by atoms with Crippen LogP contribution < -0.4 is 5.56 Å². The summed E-state index contributed by atoms with van der Waals surface area (Å²) in [6, 6.07) is 9.77. The van der Waals surface area contributed by atoms with Crippen molar-refractivity contribution in [3.63, 3.8) is 0 Å². The smallest absolute Gasteiger partial charge is 0.248 e. The van der Waals surface area contributed by atoms with Crippen LogP contribution in [0.5, 0.6) is 0 Å². The molecule has 0 saturated carbocycles. The van der Waals surface area contributed by atoms with Crippen LogP contribution in [0.4, 0.5) is 0 Å². The number of benzene rings is 1. The lowest BCUT2D eigenvalue weighted by atomic mass is 10.1. The van der Waals surface area contributed by atoms with Crippen molar-refractivity contribution in [2.75, 3.05) is 0 Å². The highest BCUT2D eigenvalue weighted by molar-refractivity contribution is 6.07. The molecule has 0 amide bonds. The average Bonchev–Trinajstić information content (AvgIpc) is 2.67. The molecule has 0 aliphatic rings. The number of para-hydroxylation sites is 1. The van der Waals surface area contributed by atoms with E-state index in [0.29, 0.717) is 5.92 Å². The van der Waals surface area contributed by atoms with Crippen molar-refractivity contribution in [2.45, 2.75) is 20.3 Å². The first-order valence-electron chi connectivity index (χ1n) is 6.28. The Morgan fingerprint density at radius 2 is 1.89 bits per heavy atom. The Balaban J connectivity index is 2.39. The van der Waals surface area contributed by atoms with Gasteiger partial charge in [-0.25, -0.2) is 0 Å². The van der Waals surface area contributed by atoms with E-state index in [9.17, 15) is 4.79 Å². The minimum Gasteiger partial charge on any atom is -0.353 e. The second-order valence-electron chi connectivity index (χ2n) is 5.17. The number of fused-ring (bicyclic) bond motifs is 3. The minimum atomic E-state index is -0.0251. The molecule has 0 atom stereocenters. The number of pyridine rings is 1. The number of H-pyrrole nitrogens is 2. The molecule has 2 N–H and O–H groups in total. The summed E-state index contributed by atoms with van der Waals surface area (Å²) in [5.41, 5.74) is 3.12. The standard InChI is InChI=1S/C15H16N2O/c1-9(2)7-13-15-11(8-14(18)16-13)10-5-3-4-6-12(10)17-15/h3-6,8-9,17H,7H2,1-2H3,(H,16,18). The van der Waals surface area contributed by atoms with E-state index >= 15 is 0 Å². The lowest BCUT2D eigenvalue weighted by Gasteiger charge is -2.05. The Labute approximate surface area is 105 Å². The molecule has 0 fully saturated rings. The number of rotatable bonds is 2. The van der Waals surface area contributed by atoms with Crippen LogP contribution >= 0.6 is 0 Å². The van der Waals surface area contributed by atoms with E-state index in [0.717, 1.165) is 33.9 Å². The van der Waals surface area contributed by atoms with Gasteiger partial charge >= 0.3 is 0 Å². The highest BCUT2D eigenvalue weighted by Gasteiger charge is 2.10. The van der Waals surface area contributed by atoms with Crippen LogP contribution in [0.2, 0.25) is 0 Å². The van der Waals surface area contributed by atoms with Crippen molar-refractivity contribution in [2.24, 2.45) is 5.92 Å². The molecule has 92 valence electrons. The molecular formula is C15H16N2O. The van der Waals surface area contributed by atoms with Crippen LogP contribution in [0, 0.1) is 5.92 Å². The highest BCUT2D eigenvalue weighted by atomic mass is 16.1. The van der Waals surface area contributed by atoms with Crippen molar-refractivity contribution >= 4 is 21.8 Å². The minimum absolute atomic E-state index is 0.0251. The van der Waals surface area contributed by atoms with Gasteiger partial charge in [0.05, 0.1) is 5.52 Å². The van der Waals surface area contributed by atoms with Gasteiger partial charge in [0, 0.05) is 28.0 Å². The summed E-state index contributed by atoms with van der Waals surface area (Å²) in [4.78, 5) is 18.1. The molecule has 0 saturated heterocycles. The van der Waals surface area contributed by atoms with Gasteiger partial charge < -0.3 is 9.97 Å². The normalized spacial score (nSPS) is 11.7. The summed E-state index contributed by atoms with van der Waals surface area (Å²) in [5, 5.41) is 2.13. The van der Waals surface area contributed by atoms with Crippen molar-refractivity contribution < 1.29 is 0 Å². The lowest BCUT2D eigenvalue weighted by molar-refractivity contribution is 0.637. The fraction of sp³-hybridized carbons (Fsp3) is 0.267. The van der Waals surface area contributed by atoms with Gasteiger partial charge in [-0.1, -0.05) is 32.0 Å². The number of hydrogen-bond donors (Lipinski definition) is 2. The van der Waals surface area contributed by atoms with Gasteiger partial charge in [0.2, 0.25) is 5.56 Å². The van der Waals surface area contributed by atoms with Crippen molar-refractivity contribution in [1.29, 1.82) is 0 Å². The van der Waals surface area contributed by atoms with E-state index in [1.165, 1.54) is 0 Å². The van der Waals surface area contributed by atoms with Gasteiger partial charge in [-0.05, 0) is 18.4 Å².